The van der Waals surface area contributed by atoms with Gasteiger partial charge in [0.05, 0.1) is 37.6 Å². The van der Waals surface area contributed by atoms with Crippen LogP contribution < -0.4 is 10.6 Å². The number of benzene rings is 1. The number of amides is 1. The van der Waals surface area contributed by atoms with Crippen molar-refractivity contribution in [2.45, 2.75) is 49.4 Å². The molecule has 6 rings (SSSR count). The fourth-order valence-electron chi connectivity index (χ4n) is 5.87. The molecule has 0 radical (unpaired) electrons. The first kappa shape index (κ1) is 31.1. The van der Waals surface area contributed by atoms with Gasteiger partial charge in [-0.1, -0.05) is 42.3 Å². The number of anilines is 1. The van der Waals surface area contributed by atoms with E-state index in [-0.39, 0.29) is 55.4 Å². The van der Waals surface area contributed by atoms with E-state index in [1.807, 2.05) is 11.8 Å². The fourth-order valence-corrected chi connectivity index (χ4v) is 8.37. The predicted octanol–water partition coefficient (Wildman–Crippen LogP) is 5.15. The number of hydrogen-bond donors (Lipinski definition) is 0. The van der Waals surface area contributed by atoms with Gasteiger partial charge in [0.25, 0.3) is 0 Å². The number of rotatable bonds is 6. The Morgan fingerprint density at radius 3 is 2.53 bits per heavy atom. The van der Waals surface area contributed by atoms with E-state index < -0.39 is 26.6 Å². The number of carbonyl (C=O) groups is 1. The van der Waals surface area contributed by atoms with Crippen molar-refractivity contribution in [3.8, 4) is 16.9 Å². The Morgan fingerprint density at radius 2 is 1.89 bits per heavy atom. The average molecular weight is 672 g/mol. The molecule has 0 unspecified atom stereocenters. The van der Waals surface area contributed by atoms with Crippen molar-refractivity contribution in [3.63, 3.8) is 0 Å². The summed E-state index contributed by atoms with van der Waals surface area (Å²) < 4.78 is 43.8. The third-order valence-corrected chi connectivity index (χ3v) is 11.3. The summed E-state index contributed by atoms with van der Waals surface area (Å²) in [6.45, 7) is 8.14. The number of piperazine rings is 1. The van der Waals surface area contributed by atoms with Crippen LogP contribution in [0.25, 0.3) is 28.0 Å². The molecule has 10 nitrogen and oxygen atoms in total. The fraction of sp³-hybridized carbons (Fsp3) is 0.323. The zero-order chi connectivity index (χ0) is 32.2. The van der Waals surface area contributed by atoms with E-state index in [2.05, 4.69) is 16.5 Å². The molecule has 0 bridgehead atoms. The van der Waals surface area contributed by atoms with Gasteiger partial charge in [-0.25, -0.2) is 32.1 Å². The monoisotopic (exact) mass is 670 g/mol. The van der Waals surface area contributed by atoms with Gasteiger partial charge in [0, 0.05) is 31.9 Å². The topological polar surface area (TPSA) is 118 Å². The number of hydrogen-bond acceptors (Lipinski definition) is 8. The molecule has 0 N–H and O–H groups in total. The van der Waals surface area contributed by atoms with Crippen LogP contribution in [-0.4, -0.2) is 69.7 Å². The largest absolute Gasteiger partial charge is 0.355 e. The van der Waals surface area contributed by atoms with Gasteiger partial charge in [-0.3, -0.25) is 4.79 Å². The summed E-state index contributed by atoms with van der Waals surface area (Å²) in [6, 6.07) is 7.01. The third-order valence-electron chi connectivity index (χ3n) is 8.46. The Morgan fingerprint density at radius 1 is 1.13 bits per heavy atom. The van der Waals surface area contributed by atoms with Crippen molar-refractivity contribution in [2.75, 3.05) is 24.5 Å². The SMILES string of the molecule is C=CC(=O)N1CCN(c2nc(=O)n(-c3c(C)ccnc3S(=O)(=O)C3CCC3)c3nc(-c4c(F)cccc4Cl)c(Cl)cc23)[C@@H](C)C1. The Bertz CT molecular complexity index is 2030. The number of pyridine rings is 2. The molecule has 4 heterocycles. The van der Waals surface area contributed by atoms with Crippen LogP contribution in [-0.2, 0) is 14.6 Å². The average Bonchev–Trinajstić information content (AvgIpc) is 2.96. The summed E-state index contributed by atoms with van der Waals surface area (Å²) in [5, 5.41) is -0.459. The molecule has 14 heteroatoms. The summed E-state index contributed by atoms with van der Waals surface area (Å²) >= 11 is 13.2. The first-order chi connectivity index (χ1) is 21.4. The Labute approximate surface area is 269 Å². The van der Waals surface area contributed by atoms with Crippen LogP contribution in [0.2, 0.25) is 10.0 Å². The molecule has 2 fully saturated rings. The molecule has 1 saturated heterocycles. The van der Waals surface area contributed by atoms with E-state index >= 15 is 4.39 Å². The molecule has 2 aliphatic rings. The molecule has 1 aromatic carbocycles. The lowest BCUT2D eigenvalue weighted by Gasteiger charge is -2.40. The minimum Gasteiger partial charge on any atom is -0.350 e. The van der Waals surface area contributed by atoms with E-state index in [9.17, 15) is 18.0 Å². The lowest BCUT2D eigenvalue weighted by molar-refractivity contribution is -0.126. The van der Waals surface area contributed by atoms with Gasteiger partial charge >= 0.3 is 5.69 Å². The highest BCUT2D eigenvalue weighted by Gasteiger charge is 2.37. The van der Waals surface area contributed by atoms with Crippen molar-refractivity contribution < 1.29 is 17.6 Å². The molecule has 4 aromatic rings. The van der Waals surface area contributed by atoms with E-state index in [0.717, 1.165) is 11.0 Å². The number of carbonyl (C=O) groups excluding carboxylic acids is 1. The first-order valence-electron chi connectivity index (χ1n) is 14.4. The van der Waals surface area contributed by atoms with Crippen LogP contribution in [0.4, 0.5) is 10.2 Å². The molecule has 1 saturated carbocycles. The quantitative estimate of drug-likeness (QED) is 0.259. The zero-order valence-corrected chi connectivity index (χ0v) is 26.8. The number of nitrogens with zero attached hydrogens (tertiary/aromatic N) is 6. The van der Waals surface area contributed by atoms with Crippen LogP contribution >= 0.6 is 23.2 Å². The van der Waals surface area contributed by atoms with Crippen LogP contribution in [0.5, 0.6) is 0 Å². The van der Waals surface area contributed by atoms with E-state index in [1.54, 1.807) is 17.9 Å². The first-order valence-corrected chi connectivity index (χ1v) is 16.7. The molecule has 1 atom stereocenters. The normalized spacial score (nSPS) is 17.4. The van der Waals surface area contributed by atoms with Crippen LogP contribution in [0, 0.1) is 12.7 Å². The molecule has 0 spiro atoms. The lowest BCUT2D eigenvalue weighted by Crippen LogP contribution is -2.54. The highest BCUT2D eigenvalue weighted by molar-refractivity contribution is 7.92. The van der Waals surface area contributed by atoms with Gasteiger partial charge in [0.15, 0.2) is 10.7 Å². The summed E-state index contributed by atoms with van der Waals surface area (Å²) in [5.41, 5.74) is -0.436. The number of halogens is 3. The second kappa shape index (κ2) is 11.8. The van der Waals surface area contributed by atoms with Crippen LogP contribution in [0.1, 0.15) is 31.7 Å². The van der Waals surface area contributed by atoms with Gasteiger partial charge in [-0.05, 0) is 62.6 Å². The Balaban J connectivity index is 1.66. The minimum absolute atomic E-state index is 0.00155. The maximum Gasteiger partial charge on any atom is 0.355 e. The van der Waals surface area contributed by atoms with Crippen molar-refractivity contribution in [3.05, 3.63) is 81.1 Å². The van der Waals surface area contributed by atoms with E-state index in [4.69, 9.17) is 28.2 Å². The van der Waals surface area contributed by atoms with Crippen molar-refractivity contribution in [1.82, 2.24) is 24.4 Å². The summed E-state index contributed by atoms with van der Waals surface area (Å²) in [7, 11) is -3.92. The second-order valence-electron chi connectivity index (χ2n) is 11.3. The molecular formula is C31H29Cl2FN6O4S. The number of aryl methyl sites for hydroxylation is 1. The molecule has 1 aliphatic carbocycles. The van der Waals surface area contributed by atoms with Crippen molar-refractivity contribution in [1.29, 1.82) is 0 Å². The minimum atomic E-state index is -3.92. The van der Waals surface area contributed by atoms with Gasteiger partial charge in [-0.2, -0.15) is 4.98 Å². The van der Waals surface area contributed by atoms with E-state index in [1.165, 1.54) is 36.5 Å². The maximum atomic E-state index is 15.2. The number of fused-ring (bicyclic) bond motifs is 1. The predicted molar refractivity (Wildman–Crippen MR) is 171 cm³/mol. The molecular weight excluding hydrogens is 642 g/mol. The van der Waals surface area contributed by atoms with Crippen molar-refractivity contribution >= 4 is 55.8 Å². The van der Waals surface area contributed by atoms with Gasteiger partial charge in [0.2, 0.25) is 15.7 Å². The highest BCUT2D eigenvalue weighted by atomic mass is 35.5. The standard InChI is InChI=1S/C31H29Cl2FN6O4S/c1-4-24(41)38-13-14-39(18(3)16-38)28-20-15-22(33)26(25-21(32)9-6-10-23(25)34)36-29(20)40(31(42)37-28)27-17(2)11-12-35-30(27)45(43,44)19-7-5-8-19/h4,6,9-12,15,18-19H,1,5,7-8,13-14,16H2,2-3H3/t18-/m0/s1. The smallest absolute Gasteiger partial charge is 0.350 e. The van der Waals surface area contributed by atoms with Crippen molar-refractivity contribution in [2.24, 2.45) is 0 Å². The van der Waals surface area contributed by atoms with Gasteiger partial charge < -0.3 is 9.80 Å². The lowest BCUT2D eigenvalue weighted by atomic mass is 10.00. The highest BCUT2D eigenvalue weighted by Crippen LogP contribution is 2.39. The van der Waals surface area contributed by atoms with Crippen LogP contribution in [0.3, 0.4) is 0 Å². The molecule has 3 aromatic heterocycles. The molecule has 45 heavy (non-hydrogen) atoms. The summed E-state index contributed by atoms with van der Waals surface area (Å²) in [6.07, 6.45) is 4.40. The van der Waals surface area contributed by atoms with Crippen LogP contribution in [0.15, 0.2) is 59.0 Å². The van der Waals surface area contributed by atoms with Gasteiger partial charge in [0.1, 0.15) is 11.6 Å². The third kappa shape index (κ3) is 5.28. The number of aromatic nitrogens is 4. The maximum absolute atomic E-state index is 15.2. The summed E-state index contributed by atoms with van der Waals surface area (Å²) in [5.74, 6) is -0.644. The number of sulfone groups is 1. The second-order valence-corrected chi connectivity index (χ2v) is 14.2. The van der Waals surface area contributed by atoms with E-state index in [0.29, 0.717) is 43.4 Å². The molecule has 1 aliphatic heterocycles. The van der Waals surface area contributed by atoms with Gasteiger partial charge in [-0.15, -0.1) is 0 Å². The molecule has 1 amide bonds. The Hall–Kier alpha value is -3.87. The molecule has 234 valence electrons. The Kier molecular flexibility index (Phi) is 8.17. The summed E-state index contributed by atoms with van der Waals surface area (Å²) in [4.78, 5) is 43.4. The zero-order valence-electron chi connectivity index (χ0n) is 24.5.